The Morgan fingerprint density at radius 3 is 2.82 bits per heavy atom. The number of hydrogen-bond acceptors (Lipinski definition) is 4. The number of methoxy groups -OCH3 is 1. The predicted octanol–water partition coefficient (Wildman–Crippen LogP) is 6.18. The smallest absolute Gasteiger partial charge is 0.308 e. The van der Waals surface area contributed by atoms with Crippen LogP contribution in [0, 0.1) is 41.1 Å². The fraction of sp³-hybridized carbons (Fsp3) is 0.357. The van der Waals surface area contributed by atoms with Crippen LogP contribution in [0.5, 0.6) is 5.75 Å². The molecule has 0 aliphatic carbocycles. The van der Waals surface area contributed by atoms with Crippen LogP contribution in [-0.2, 0) is 4.79 Å². The molecule has 1 aromatic heterocycles. The number of benzene rings is 2. The van der Waals surface area contributed by atoms with Crippen LogP contribution in [0.2, 0.25) is 5.02 Å². The highest BCUT2D eigenvalue weighted by Gasteiger charge is 2.34. The van der Waals surface area contributed by atoms with Gasteiger partial charge in [0.15, 0.2) is 11.6 Å². The standard InChI is InChI=1S/C28H25ClF4N2O3/c1-38-19-5-7-25-20(13-19)26(22(29)14-34-25)23(31)6-4-16-8-10-35(15-21(16)28(36)37)9-2-3-17-11-18(30)12-24(32)27(17)33/h5,7,11-14,16,21,23H,4,6,8-10,15H2,1H3,(H,36,37)/t16?,21?,23-/m1/s1. The fourth-order valence-corrected chi connectivity index (χ4v) is 5.12. The summed E-state index contributed by atoms with van der Waals surface area (Å²) in [6.45, 7) is 0.762. The minimum absolute atomic E-state index is 0.0781. The Hall–Kier alpha value is -3.35. The van der Waals surface area contributed by atoms with Gasteiger partial charge in [-0.15, -0.1) is 0 Å². The number of aromatic nitrogens is 1. The second kappa shape index (κ2) is 12.0. The lowest BCUT2D eigenvalue weighted by molar-refractivity contribution is -0.146. The van der Waals surface area contributed by atoms with E-state index in [1.165, 1.54) is 13.3 Å². The van der Waals surface area contributed by atoms with Crippen molar-refractivity contribution in [2.24, 2.45) is 11.8 Å². The average molecular weight is 549 g/mol. The van der Waals surface area contributed by atoms with Crippen molar-refractivity contribution >= 4 is 28.5 Å². The number of nitrogens with zero attached hydrogens (tertiary/aromatic N) is 2. The van der Waals surface area contributed by atoms with E-state index >= 15 is 4.39 Å². The third-order valence-corrected chi connectivity index (χ3v) is 7.15. The largest absolute Gasteiger partial charge is 0.497 e. The number of piperidine rings is 1. The Kier molecular flexibility index (Phi) is 8.75. The first kappa shape index (κ1) is 27.7. The molecule has 0 radical (unpaired) electrons. The van der Waals surface area contributed by atoms with Gasteiger partial charge in [0.05, 0.1) is 35.7 Å². The van der Waals surface area contributed by atoms with Crippen LogP contribution in [0.1, 0.15) is 36.6 Å². The number of aliphatic carboxylic acids is 1. The second-order valence-electron chi connectivity index (χ2n) is 9.23. The van der Waals surface area contributed by atoms with Gasteiger partial charge < -0.3 is 9.84 Å². The summed E-state index contributed by atoms with van der Waals surface area (Å²) >= 11 is 6.31. The van der Waals surface area contributed by atoms with Gasteiger partial charge in [-0.05, 0) is 56.0 Å². The summed E-state index contributed by atoms with van der Waals surface area (Å²) in [5.41, 5.74) is 0.476. The summed E-state index contributed by atoms with van der Waals surface area (Å²) in [7, 11) is 1.51. The Balaban J connectivity index is 1.42. The van der Waals surface area contributed by atoms with Crippen molar-refractivity contribution in [3.8, 4) is 17.6 Å². The summed E-state index contributed by atoms with van der Waals surface area (Å²) in [6, 6.07) is 6.37. The fourth-order valence-electron chi connectivity index (χ4n) is 4.85. The lowest BCUT2D eigenvalue weighted by atomic mass is 9.81. The molecule has 38 heavy (non-hydrogen) atoms. The van der Waals surface area contributed by atoms with Crippen molar-refractivity contribution < 1.29 is 32.2 Å². The van der Waals surface area contributed by atoms with Crippen molar-refractivity contribution in [2.45, 2.75) is 25.4 Å². The van der Waals surface area contributed by atoms with Gasteiger partial charge in [-0.1, -0.05) is 23.4 Å². The highest BCUT2D eigenvalue weighted by molar-refractivity contribution is 6.32. The maximum Gasteiger partial charge on any atom is 0.308 e. The van der Waals surface area contributed by atoms with E-state index in [1.807, 2.05) is 0 Å². The molecule has 0 amide bonds. The Bertz CT molecular complexity index is 1410. The number of alkyl halides is 1. The zero-order valence-electron chi connectivity index (χ0n) is 20.5. The van der Waals surface area contributed by atoms with E-state index in [-0.39, 0.29) is 30.5 Å². The number of hydrogen-bond donors (Lipinski definition) is 1. The van der Waals surface area contributed by atoms with Crippen LogP contribution in [0.25, 0.3) is 10.9 Å². The summed E-state index contributed by atoms with van der Waals surface area (Å²) in [5, 5.41) is 10.6. The van der Waals surface area contributed by atoms with E-state index in [1.54, 1.807) is 23.1 Å². The normalized spacial score (nSPS) is 18.6. The van der Waals surface area contributed by atoms with Crippen LogP contribution in [-0.4, -0.2) is 47.7 Å². The number of fused-ring (bicyclic) bond motifs is 1. The van der Waals surface area contributed by atoms with Gasteiger partial charge in [-0.2, -0.15) is 0 Å². The number of halogens is 5. The molecule has 1 N–H and O–H groups in total. The number of rotatable bonds is 7. The SMILES string of the molecule is COc1ccc2ncc(Cl)c([C@H](F)CCC3CCN(CC#Cc4cc(F)cc(F)c4F)CC3C(=O)O)c2c1. The van der Waals surface area contributed by atoms with Crippen molar-refractivity contribution in [1.82, 2.24) is 9.88 Å². The molecule has 200 valence electrons. The van der Waals surface area contributed by atoms with Crippen molar-refractivity contribution in [3.63, 3.8) is 0 Å². The maximum absolute atomic E-state index is 15.5. The van der Waals surface area contributed by atoms with Crippen LogP contribution < -0.4 is 4.74 Å². The molecule has 3 atom stereocenters. The molecule has 10 heteroatoms. The third kappa shape index (κ3) is 6.20. The van der Waals surface area contributed by atoms with Gasteiger partial charge >= 0.3 is 5.97 Å². The predicted molar refractivity (Wildman–Crippen MR) is 135 cm³/mol. The van der Waals surface area contributed by atoms with Crippen molar-refractivity contribution in [3.05, 3.63) is 70.1 Å². The zero-order valence-corrected chi connectivity index (χ0v) is 21.2. The Morgan fingerprint density at radius 2 is 2.08 bits per heavy atom. The number of likely N-dealkylation sites (tertiary alicyclic amines) is 1. The summed E-state index contributed by atoms with van der Waals surface area (Å²) in [5.74, 6) is 0.0895. The van der Waals surface area contributed by atoms with E-state index in [2.05, 4.69) is 16.8 Å². The van der Waals surface area contributed by atoms with Gasteiger partial charge in [0.2, 0.25) is 0 Å². The Labute approximate surface area is 222 Å². The summed E-state index contributed by atoms with van der Waals surface area (Å²) in [6.07, 6.45) is 0.874. The van der Waals surface area contributed by atoms with E-state index in [4.69, 9.17) is 16.3 Å². The maximum atomic E-state index is 15.5. The van der Waals surface area contributed by atoms with Crippen molar-refractivity contribution in [1.29, 1.82) is 0 Å². The van der Waals surface area contributed by atoms with E-state index in [9.17, 15) is 23.1 Å². The molecular weight excluding hydrogens is 524 g/mol. The molecule has 1 aliphatic rings. The molecule has 2 unspecified atom stereocenters. The molecule has 3 aromatic rings. The van der Waals surface area contributed by atoms with Gasteiger partial charge in [0.25, 0.3) is 0 Å². The van der Waals surface area contributed by atoms with Crippen LogP contribution in [0.3, 0.4) is 0 Å². The minimum atomic E-state index is -1.43. The van der Waals surface area contributed by atoms with Crippen LogP contribution in [0.4, 0.5) is 17.6 Å². The third-order valence-electron chi connectivity index (χ3n) is 6.85. The molecule has 1 saturated heterocycles. The molecule has 0 spiro atoms. The topological polar surface area (TPSA) is 62.7 Å². The van der Waals surface area contributed by atoms with Gasteiger partial charge in [-0.3, -0.25) is 14.7 Å². The second-order valence-corrected chi connectivity index (χ2v) is 9.63. The summed E-state index contributed by atoms with van der Waals surface area (Å²) in [4.78, 5) is 18.0. The first-order chi connectivity index (χ1) is 18.2. The molecule has 5 nitrogen and oxygen atoms in total. The lowest BCUT2D eigenvalue weighted by Gasteiger charge is -2.36. The van der Waals surface area contributed by atoms with Gasteiger partial charge in [0.1, 0.15) is 17.7 Å². The van der Waals surface area contributed by atoms with E-state index < -0.39 is 41.1 Å². The number of carboxylic acid groups (broad SMARTS) is 1. The first-order valence-corrected chi connectivity index (χ1v) is 12.4. The van der Waals surface area contributed by atoms with E-state index in [0.29, 0.717) is 47.7 Å². The molecule has 4 rings (SSSR count). The number of ether oxygens (including phenoxy) is 1. The average Bonchev–Trinajstić information content (AvgIpc) is 2.89. The van der Waals surface area contributed by atoms with Gasteiger partial charge in [0, 0.05) is 29.8 Å². The van der Waals surface area contributed by atoms with E-state index in [0.717, 1.165) is 6.07 Å². The van der Waals surface area contributed by atoms with Crippen LogP contribution >= 0.6 is 11.6 Å². The first-order valence-electron chi connectivity index (χ1n) is 12.0. The number of pyridine rings is 1. The van der Waals surface area contributed by atoms with Crippen LogP contribution in [0.15, 0.2) is 36.5 Å². The minimum Gasteiger partial charge on any atom is -0.497 e. The molecule has 1 fully saturated rings. The zero-order chi connectivity index (χ0) is 27.4. The highest BCUT2D eigenvalue weighted by atomic mass is 35.5. The number of carbonyl (C=O) groups is 1. The van der Waals surface area contributed by atoms with Gasteiger partial charge in [-0.25, -0.2) is 17.6 Å². The Morgan fingerprint density at radius 1 is 1.29 bits per heavy atom. The molecule has 1 aliphatic heterocycles. The molecular formula is C28H25ClF4N2O3. The molecule has 0 bridgehead atoms. The van der Waals surface area contributed by atoms with Crippen molar-refractivity contribution in [2.75, 3.05) is 26.7 Å². The monoisotopic (exact) mass is 548 g/mol. The lowest BCUT2D eigenvalue weighted by Crippen LogP contribution is -2.44. The molecule has 2 heterocycles. The quantitative estimate of drug-likeness (QED) is 0.217. The molecule has 2 aromatic carbocycles. The summed E-state index contributed by atoms with van der Waals surface area (Å²) < 4.78 is 61.3. The molecule has 0 saturated carbocycles. The number of carboxylic acids is 1. The highest BCUT2D eigenvalue weighted by Crippen LogP contribution is 2.38.